The Morgan fingerprint density at radius 1 is 1.12 bits per heavy atom. The Bertz CT molecular complexity index is 853. The first kappa shape index (κ1) is 16.2. The molecule has 3 rings (SSSR count). The van der Waals surface area contributed by atoms with Gasteiger partial charge in [0.15, 0.2) is 0 Å². The van der Waals surface area contributed by atoms with E-state index < -0.39 is 11.6 Å². The summed E-state index contributed by atoms with van der Waals surface area (Å²) in [7, 11) is 0. The Labute approximate surface area is 140 Å². The molecule has 1 heterocycles. The molecule has 24 heavy (non-hydrogen) atoms. The van der Waals surface area contributed by atoms with Crippen LogP contribution in [0.15, 0.2) is 54.6 Å². The molecule has 0 spiro atoms. The highest BCUT2D eigenvalue weighted by Gasteiger charge is 2.21. The summed E-state index contributed by atoms with van der Waals surface area (Å²) in [5.74, 6) is -1.24. The average molecular weight is 323 g/mol. The number of nitrogens with zero attached hydrogens (tertiary/aromatic N) is 2. The number of rotatable bonds is 6. The molecule has 3 aromatic rings. The van der Waals surface area contributed by atoms with Crippen LogP contribution in [0.4, 0.5) is 0 Å². The van der Waals surface area contributed by atoms with E-state index in [2.05, 4.69) is 5.10 Å². The quantitative estimate of drug-likeness (QED) is 0.697. The van der Waals surface area contributed by atoms with E-state index in [1.165, 1.54) is 13.8 Å². The van der Waals surface area contributed by atoms with Gasteiger partial charge >= 0.3 is 0 Å². The molecule has 0 aliphatic heterocycles. The summed E-state index contributed by atoms with van der Waals surface area (Å²) in [5, 5.41) is 16.7. The third-order valence-corrected chi connectivity index (χ3v) is 3.97. The van der Waals surface area contributed by atoms with Crippen LogP contribution in [-0.2, 0) is 22.7 Å². The summed E-state index contributed by atoms with van der Waals surface area (Å²) >= 11 is 0. The van der Waals surface area contributed by atoms with Crippen molar-refractivity contribution in [2.45, 2.75) is 32.6 Å². The first-order chi connectivity index (χ1) is 11.5. The minimum absolute atomic E-state index is 0.114. The largest absolute Gasteiger partial charge is 0.547 e. The molecular formula is C19H19N2O3-. The second-order valence-electron chi connectivity index (χ2n) is 6.19. The maximum absolute atomic E-state index is 11.1. The van der Waals surface area contributed by atoms with Crippen LogP contribution in [-0.4, -0.2) is 21.4 Å². The number of benzene rings is 2. The normalized spacial score (nSPS) is 11.8. The van der Waals surface area contributed by atoms with Crippen LogP contribution in [0, 0.1) is 0 Å². The Balaban J connectivity index is 1.90. The molecule has 0 unspecified atom stereocenters. The number of hydrogen-bond donors (Lipinski definition) is 0. The minimum atomic E-state index is -1.36. The molecule has 0 radical (unpaired) electrons. The SMILES string of the molecule is CC(C)(OCc1nn(Cc2ccccc2)c2ccccc12)C(=O)[O-]. The lowest BCUT2D eigenvalue weighted by Crippen LogP contribution is -2.45. The Morgan fingerprint density at radius 3 is 2.50 bits per heavy atom. The monoisotopic (exact) mass is 323 g/mol. The van der Waals surface area contributed by atoms with E-state index in [9.17, 15) is 9.90 Å². The average Bonchev–Trinajstić information content (AvgIpc) is 2.92. The third kappa shape index (κ3) is 3.31. The number of carbonyl (C=O) groups excluding carboxylic acids is 1. The third-order valence-electron chi connectivity index (χ3n) is 3.97. The summed E-state index contributed by atoms with van der Waals surface area (Å²) in [4.78, 5) is 11.1. The van der Waals surface area contributed by atoms with Gasteiger partial charge in [-0.05, 0) is 25.5 Å². The van der Waals surface area contributed by atoms with Crippen molar-refractivity contribution in [3.63, 3.8) is 0 Å². The van der Waals surface area contributed by atoms with Crippen molar-refractivity contribution in [2.24, 2.45) is 0 Å². The van der Waals surface area contributed by atoms with Gasteiger partial charge in [0.05, 0.1) is 30.3 Å². The van der Waals surface area contributed by atoms with Gasteiger partial charge in [0.1, 0.15) is 5.60 Å². The van der Waals surface area contributed by atoms with Crippen LogP contribution >= 0.6 is 0 Å². The zero-order valence-electron chi connectivity index (χ0n) is 13.7. The summed E-state index contributed by atoms with van der Waals surface area (Å²) in [5.41, 5.74) is 1.50. The van der Waals surface area contributed by atoms with Crippen molar-refractivity contribution in [1.29, 1.82) is 0 Å². The van der Waals surface area contributed by atoms with E-state index in [0.717, 1.165) is 22.2 Å². The molecule has 0 N–H and O–H groups in total. The van der Waals surface area contributed by atoms with E-state index in [0.29, 0.717) is 6.54 Å². The number of carboxylic acids is 1. The molecule has 0 saturated carbocycles. The summed E-state index contributed by atoms with van der Waals surface area (Å²) in [6.07, 6.45) is 0. The maximum atomic E-state index is 11.1. The Morgan fingerprint density at radius 2 is 1.79 bits per heavy atom. The number of aromatic nitrogens is 2. The van der Waals surface area contributed by atoms with E-state index in [1.807, 2.05) is 59.3 Å². The van der Waals surface area contributed by atoms with E-state index in [4.69, 9.17) is 4.74 Å². The van der Waals surface area contributed by atoms with Gasteiger partial charge < -0.3 is 14.6 Å². The molecule has 0 amide bonds. The first-order valence-corrected chi connectivity index (χ1v) is 7.81. The zero-order chi connectivity index (χ0) is 17.2. The number of hydrogen-bond acceptors (Lipinski definition) is 4. The maximum Gasteiger partial charge on any atom is 0.102 e. The standard InChI is InChI=1S/C19H20N2O3/c1-19(2,18(22)23)24-13-16-15-10-6-7-11-17(15)21(20-16)12-14-8-4-3-5-9-14/h3-11H,12-13H2,1-2H3,(H,22,23)/p-1. The molecule has 0 bridgehead atoms. The highest BCUT2D eigenvalue weighted by atomic mass is 16.5. The second-order valence-corrected chi connectivity index (χ2v) is 6.19. The van der Waals surface area contributed by atoms with Crippen molar-refractivity contribution in [2.75, 3.05) is 0 Å². The lowest BCUT2D eigenvalue weighted by Gasteiger charge is -2.25. The van der Waals surface area contributed by atoms with E-state index in [-0.39, 0.29) is 6.61 Å². The number of carboxylic acid groups (broad SMARTS) is 1. The van der Waals surface area contributed by atoms with Crippen molar-refractivity contribution in [3.05, 3.63) is 65.9 Å². The zero-order valence-corrected chi connectivity index (χ0v) is 13.7. The van der Waals surface area contributed by atoms with Crippen LogP contribution in [0.3, 0.4) is 0 Å². The van der Waals surface area contributed by atoms with Crippen LogP contribution in [0.1, 0.15) is 25.1 Å². The van der Waals surface area contributed by atoms with Gasteiger partial charge in [-0.2, -0.15) is 5.10 Å². The van der Waals surface area contributed by atoms with Crippen molar-refractivity contribution >= 4 is 16.9 Å². The molecule has 0 aliphatic rings. The molecule has 0 atom stereocenters. The number of fused-ring (bicyclic) bond motifs is 1. The second kappa shape index (κ2) is 6.45. The Kier molecular flexibility index (Phi) is 4.36. The predicted octanol–water partition coefficient (Wildman–Crippen LogP) is 2.13. The molecule has 5 heteroatoms. The number of aliphatic carboxylic acids is 1. The summed E-state index contributed by atoms with van der Waals surface area (Å²) in [6.45, 7) is 3.71. The smallest absolute Gasteiger partial charge is 0.102 e. The molecular weight excluding hydrogens is 304 g/mol. The fourth-order valence-electron chi connectivity index (χ4n) is 2.49. The molecule has 2 aromatic carbocycles. The fourth-order valence-corrected chi connectivity index (χ4v) is 2.49. The highest BCUT2D eigenvalue weighted by molar-refractivity contribution is 5.82. The first-order valence-electron chi connectivity index (χ1n) is 7.81. The van der Waals surface area contributed by atoms with Gasteiger partial charge in [-0.3, -0.25) is 4.68 Å². The lowest BCUT2D eigenvalue weighted by atomic mass is 10.1. The topological polar surface area (TPSA) is 67.2 Å². The van der Waals surface area contributed by atoms with Gasteiger partial charge in [0.25, 0.3) is 0 Å². The van der Waals surface area contributed by atoms with E-state index >= 15 is 0 Å². The van der Waals surface area contributed by atoms with Crippen LogP contribution in [0.5, 0.6) is 0 Å². The summed E-state index contributed by atoms with van der Waals surface area (Å²) < 4.78 is 7.42. The van der Waals surface area contributed by atoms with Gasteiger partial charge in [0, 0.05) is 5.39 Å². The number of ether oxygens (including phenoxy) is 1. The Hall–Kier alpha value is -2.66. The van der Waals surface area contributed by atoms with Crippen LogP contribution in [0.2, 0.25) is 0 Å². The molecule has 0 saturated heterocycles. The number of para-hydroxylation sites is 1. The van der Waals surface area contributed by atoms with Gasteiger partial charge in [0.2, 0.25) is 0 Å². The summed E-state index contributed by atoms with van der Waals surface area (Å²) in [6, 6.07) is 17.9. The van der Waals surface area contributed by atoms with Crippen molar-refractivity contribution in [1.82, 2.24) is 9.78 Å². The molecule has 1 aromatic heterocycles. The van der Waals surface area contributed by atoms with Gasteiger partial charge in [-0.1, -0.05) is 48.5 Å². The van der Waals surface area contributed by atoms with Gasteiger partial charge in [-0.15, -0.1) is 0 Å². The molecule has 5 nitrogen and oxygen atoms in total. The molecule has 0 fully saturated rings. The van der Waals surface area contributed by atoms with Crippen LogP contribution < -0.4 is 5.11 Å². The highest BCUT2D eigenvalue weighted by Crippen LogP contribution is 2.22. The number of carbonyl (C=O) groups is 1. The van der Waals surface area contributed by atoms with Crippen molar-refractivity contribution < 1.29 is 14.6 Å². The fraction of sp³-hybridized carbons (Fsp3) is 0.263. The van der Waals surface area contributed by atoms with Crippen LogP contribution in [0.25, 0.3) is 10.9 Å². The minimum Gasteiger partial charge on any atom is -0.547 e. The molecule has 0 aliphatic carbocycles. The predicted molar refractivity (Wildman–Crippen MR) is 89.2 cm³/mol. The molecule has 124 valence electrons. The van der Waals surface area contributed by atoms with E-state index in [1.54, 1.807) is 0 Å². The lowest BCUT2D eigenvalue weighted by molar-refractivity contribution is -0.325. The van der Waals surface area contributed by atoms with Crippen molar-refractivity contribution in [3.8, 4) is 0 Å². The van der Waals surface area contributed by atoms with Gasteiger partial charge in [-0.25, -0.2) is 0 Å².